The van der Waals surface area contributed by atoms with Gasteiger partial charge in [-0.25, -0.2) is 4.79 Å². The van der Waals surface area contributed by atoms with Crippen LogP contribution in [-0.4, -0.2) is 48.7 Å². The maximum atomic E-state index is 12.7. The Kier molecular flexibility index (Phi) is 4.67. The maximum absolute atomic E-state index is 12.7. The third-order valence-electron chi connectivity index (χ3n) is 3.68. The number of carbonyl (C=O) groups excluding carboxylic acids is 1. The summed E-state index contributed by atoms with van der Waals surface area (Å²) in [5, 5.41) is 9.28. The topological polar surface area (TPSA) is 76.1 Å². The number of nitrogens with zero attached hydrogens (tertiary/aromatic N) is 1. The van der Waals surface area contributed by atoms with Crippen molar-refractivity contribution in [3.8, 4) is 11.5 Å². The molecule has 0 radical (unpaired) electrons. The fourth-order valence-electron chi connectivity index (χ4n) is 2.64. The van der Waals surface area contributed by atoms with Gasteiger partial charge in [-0.3, -0.25) is 4.79 Å². The van der Waals surface area contributed by atoms with Gasteiger partial charge in [0.05, 0.1) is 19.8 Å². The zero-order valence-corrected chi connectivity index (χ0v) is 12.2. The summed E-state index contributed by atoms with van der Waals surface area (Å²) in [6, 6.07) is 4.23. The molecule has 0 saturated carbocycles. The van der Waals surface area contributed by atoms with E-state index in [9.17, 15) is 14.7 Å². The van der Waals surface area contributed by atoms with Gasteiger partial charge in [0.1, 0.15) is 6.04 Å². The lowest BCUT2D eigenvalue weighted by Gasteiger charge is -2.33. The number of carboxylic acid groups (broad SMARTS) is 1. The highest BCUT2D eigenvalue weighted by molar-refractivity contribution is 5.99. The van der Waals surface area contributed by atoms with Crippen molar-refractivity contribution in [3.63, 3.8) is 0 Å². The summed E-state index contributed by atoms with van der Waals surface area (Å²) >= 11 is 0. The van der Waals surface area contributed by atoms with Crippen LogP contribution in [0.2, 0.25) is 0 Å². The van der Waals surface area contributed by atoms with Gasteiger partial charge in [0.15, 0.2) is 11.5 Å². The van der Waals surface area contributed by atoms with E-state index >= 15 is 0 Å². The van der Waals surface area contributed by atoms with E-state index in [2.05, 4.69) is 0 Å². The molecule has 2 rings (SSSR count). The van der Waals surface area contributed by atoms with Gasteiger partial charge in [-0.05, 0) is 31.4 Å². The minimum Gasteiger partial charge on any atom is -0.493 e. The number of para-hydroxylation sites is 1. The number of aliphatic carboxylic acids is 1. The summed E-state index contributed by atoms with van der Waals surface area (Å²) in [5.41, 5.74) is 0.324. The lowest BCUT2D eigenvalue weighted by atomic mass is 10.0. The normalized spacial score (nSPS) is 18.2. The molecular formula is C15H19NO5. The van der Waals surface area contributed by atoms with Gasteiger partial charge in [0, 0.05) is 6.54 Å². The molecule has 0 unspecified atom stereocenters. The average Bonchev–Trinajstić information content (AvgIpc) is 2.53. The molecule has 0 spiro atoms. The summed E-state index contributed by atoms with van der Waals surface area (Å²) in [5.74, 6) is -0.519. The first-order valence-corrected chi connectivity index (χ1v) is 6.85. The number of hydrogen-bond acceptors (Lipinski definition) is 4. The van der Waals surface area contributed by atoms with Gasteiger partial charge in [-0.1, -0.05) is 6.07 Å². The Balaban J connectivity index is 2.36. The van der Waals surface area contributed by atoms with E-state index in [1.807, 2.05) is 0 Å². The molecule has 6 heteroatoms. The summed E-state index contributed by atoms with van der Waals surface area (Å²) in [7, 11) is 2.95. The van der Waals surface area contributed by atoms with Crippen molar-refractivity contribution in [2.24, 2.45) is 0 Å². The average molecular weight is 293 g/mol. The van der Waals surface area contributed by atoms with Gasteiger partial charge < -0.3 is 19.5 Å². The number of likely N-dealkylation sites (tertiary alicyclic amines) is 1. The number of rotatable bonds is 4. The molecule has 0 aliphatic carbocycles. The van der Waals surface area contributed by atoms with Crippen LogP contribution in [0.5, 0.6) is 11.5 Å². The van der Waals surface area contributed by atoms with Crippen LogP contribution < -0.4 is 9.47 Å². The molecule has 1 aromatic rings. The highest BCUT2D eigenvalue weighted by Crippen LogP contribution is 2.32. The van der Waals surface area contributed by atoms with Gasteiger partial charge >= 0.3 is 5.97 Å². The Morgan fingerprint density at radius 1 is 1.24 bits per heavy atom. The largest absolute Gasteiger partial charge is 0.493 e. The van der Waals surface area contributed by atoms with Gasteiger partial charge in [0.2, 0.25) is 0 Å². The van der Waals surface area contributed by atoms with Crippen LogP contribution in [0.4, 0.5) is 0 Å². The third kappa shape index (κ3) is 2.94. The molecule has 1 aliphatic rings. The number of amides is 1. The van der Waals surface area contributed by atoms with Crippen molar-refractivity contribution in [2.45, 2.75) is 25.3 Å². The molecule has 1 amide bonds. The van der Waals surface area contributed by atoms with Crippen LogP contribution >= 0.6 is 0 Å². The van der Waals surface area contributed by atoms with Crippen molar-refractivity contribution < 1.29 is 24.2 Å². The molecule has 0 aromatic heterocycles. The smallest absolute Gasteiger partial charge is 0.326 e. The molecule has 114 valence electrons. The predicted molar refractivity (Wildman–Crippen MR) is 75.9 cm³/mol. The summed E-state index contributed by atoms with van der Waals surface area (Å²) in [4.78, 5) is 25.4. The van der Waals surface area contributed by atoms with E-state index in [0.717, 1.165) is 12.8 Å². The Morgan fingerprint density at radius 3 is 2.62 bits per heavy atom. The first kappa shape index (κ1) is 15.2. The minimum atomic E-state index is -0.968. The van der Waals surface area contributed by atoms with Gasteiger partial charge in [-0.15, -0.1) is 0 Å². The predicted octanol–water partition coefficient (Wildman–Crippen LogP) is 1.78. The first-order chi connectivity index (χ1) is 10.1. The summed E-state index contributed by atoms with van der Waals surface area (Å²) < 4.78 is 10.4. The molecule has 1 heterocycles. The fourth-order valence-corrected chi connectivity index (χ4v) is 2.64. The summed E-state index contributed by atoms with van der Waals surface area (Å²) in [6.45, 7) is 0.441. The van der Waals surface area contributed by atoms with E-state index in [1.165, 1.54) is 19.1 Å². The number of piperidine rings is 1. The first-order valence-electron chi connectivity index (χ1n) is 6.85. The molecule has 1 N–H and O–H groups in total. The SMILES string of the molecule is COc1cccc(C(=O)N2CCCC[C@H]2C(=O)O)c1OC. The van der Waals surface area contributed by atoms with Crippen LogP contribution in [0.1, 0.15) is 29.6 Å². The van der Waals surface area contributed by atoms with Gasteiger partial charge in [0.25, 0.3) is 5.91 Å². The fraction of sp³-hybridized carbons (Fsp3) is 0.467. The number of carboxylic acids is 1. The standard InChI is InChI=1S/C15H19NO5/c1-20-12-8-5-6-10(13(12)21-2)14(17)16-9-4-3-7-11(16)15(18)19/h5-6,8,11H,3-4,7,9H2,1-2H3,(H,18,19)/t11-/m0/s1. The number of ether oxygens (including phenoxy) is 2. The monoisotopic (exact) mass is 293 g/mol. The molecule has 1 fully saturated rings. The Labute approximate surface area is 123 Å². The van der Waals surface area contributed by atoms with Crippen LogP contribution in [0.25, 0.3) is 0 Å². The second-order valence-electron chi connectivity index (χ2n) is 4.89. The van der Waals surface area contributed by atoms with Crippen LogP contribution in [0, 0.1) is 0 Å². The lowest BCUT2D eigenvalue weighted by Crippen LogP contribution is -2.48. The van der Waals surface area contributed by atoms with E-state index in [0.29, 0.717) is 30.0 Å². The number of hydrogen-bond donors (Lipinski definition) is 1. The molecular weight excluding hydrogens is 274 g/mol. The van der Waals surface area contributed by atoms with Crippen molar-refractivity contribution in [1.82, 2.24) is 4.90 Å². The van der Waals surface area contributed by atoms with E-state index in [1.54, 1.807) is 18.2 Å². The molecule has 1 atom stereocenters. The molecule has 6 nitrogen and oxygen atoms in total. The zero-order chi connectivity index (χ0) is 15.4. The quantitative estimate of drug-likeness (QED) is 0.915. The number of benzene rings is 1. The highest BCUT2D eigenvalue weighted by atomic mass is 16.5. The van der Waals surface area contributed by atoms with Crippen LogP contribution in [-0.2, 0) is 4.79 Å². The van der Waals surface area contributed by atoms with E-state index in [-0.39, 0.29) is 5.91 Å². The Hall–Kier alpha value is -2.24. The molecule has 21 heavy (non-hydrogen) atoms. The van der Waals surface area contributed by atoms with Gasteiger partial charge in [-0.2, -0.15) is 0 Å². The zero-order valence-electron chi connectivity index (χ0n) is 12.2. The molecule has 0 bridgehead atoms. The third-order valence-corrected chi connectivity index (χ3v) is 3.68. The minimum absolute atomic E-state index is 0.324. The second-order valence-corrected chi connectivity index (χ2v) is 4.89. The molecule has 1 aliphatic heterocycles. The number of carbonyl (C=O) groups is 2. The summed E-state index contributed by atoms with van der Waals surface area (Å²) in [6.07, 6.45) is 2.10. The maximum Gasteiger partial charge on any atom is 0.326 e. The van der Waals surface area contributed by atoms with Crippen LogP contribution in [0.3, 0.4) is 0 Å². The van der Waals surface area contributed by atoms with Crippen molar-refractivity contribution in [3.05, 3.63) is 23.8 Å². The van der Waals surface area contributed by atoms with Crippen LogP contribution in [0.15, 0.2) is 18.2 Å². The van der Waals surface area contributed by atoms with Crippen molar-refractivity contribution >= 4 is 11.9 Å². The van der Waals surface area contributed by atoms with E-state index in [4.69, 9.17) is 9.47 Å². The lowest BCUT2D eigenvalue weighted by molar-refractivity contribution is -0.143. The Bertz CT molecular complexity index is 543. The second kappa shape index (κ2) is 6.47. The molecule has 1 saturated heterocycles. The number of methoxy groups -OCH3 is 2. The Morgan fingerprint density at radius 2 is 2.00 bits per heavy atom. The van der Waals surface area contributed by atoms with Crippen molar-refractivity contribution in [2.75, 3.05) is 20.8 Å². The van der Waals surface area contributed by atoms with E-state index < -0.39 is 12.0 Å². The molecule has 1 aromatic carbocycles. The highest BCUT2D eigenvalue weighted by Gasteiger charge is 2.34. The van der Waals surface area contributed by atoms with Crippen molar-refractivity contribution in [1.29, 1.82) is 0 Å².